The van der Waals surface area contributed by atoms with Gasteiger partial charge in [0, 0.05) is 36.3 Å². The number of Topliss-reactive ketones (excluding diaryl/α,β-unsaturated/α-hetero) is 1. The van der Waals surface area contributed by atoms with Crippen molar-refractivity contribution in [1.29, 1.82) is 0 Å². The Morgan fingerprint density at radius 2 is 2.11 bits per heavy atom. The van der Waals surface area contributed by atoms with E-state index in [0.717, 1.165) is 11.4 Å². The fourth-order valence-corrected chi connectivity index (χ4v) is 1.86. The highest BCUT2D eigenvalue weighted by Gasteiger charge is 2.15. The number of hydrogen-bond acceptors (Lipinski definition) is 3. The molecule has 0 aliphatic rings. The van der Waals surface area contributed by atoms with Gasteiger partial charge in [0.25, 0.3) is 5.56 Å². The number of carbonyl (C=O) groups excluding carboxylic acids is 1. The Labute approximate surface area is 105 Å². The van der Waals surface area contributed by atoms with Crippen LogP contribution in [0.1, 0.15) is 21.7 Å². The molecule has 5 nitrogen and oxygen atoms in total. The van der Waals surface area contributed by atoms with Crippen molar-refractivity contribution in [2.45, 2.75) is 20.4 Å². The van der Waals surface area contributed by atoms with Crippen LogP contribution in [0, 0.1) is 13.8 Å². The summed E-state index contributed by atoms with van der Waals surface area (Å²) in [6.07, 6.45) is 1.50. The van der Waals surface area contributed by atoms with Crippen LogP contribution in [0.4, 0.5) is 0 Å². The lowest BCUT2D eigenvalue weighted by molar-refractivity contribution is 0.0965. The highest BCUT2D eigenvalue weighted by atomic mass is 16.1. The maximum Gasteiger partial charge on any atom is 0.267 e. The predicted octanol–water partition coefficient (Wildman–Crippen LogP) is 1.08. The topological polar surface area (TPSA) is 56.9 Å². The monoisotopic (exact) mass is 245 g/mol. The molecule has 2 aromatic heterocycles. The average molecular weight is 245 g/mol. The molecule has 5 heteroatoms. The van der Waals surface area contributed by atoms with Gasteiger partial charge in [-0.3, -0.25) is 9.59 Å². The number of aryl methyl sites for hydroxylation is 1. The fraction of sp³-hybridized carbons (Fsp3) is 0.308. The molecule has 0 unspecified atom stereocenters. The largest absolute Gasteiger partial charge is 0.351 e. The first-order valence-corrected chi connectivity index (χ1v) is 5.69. The second kappa shape index (κ2) is 4.60. The smallest absolute Gasteiger partial charge is 0.267 e. The minimum absolute atomic E-state index is 0.0238. The van der Waals surface area contributed by atoms with E-state index < -0.39 is 0 Å². The summed E-state index contributed by atoms with van der Waals surface area (Å²) < 4.78 is 3.12. The molecule has 0 aliphatic carbocycles. The third-order valence-corrected chi connectivity index (χ3v) is 3.15. The van der Waals surface area contributed by atoms with Gasteiger partial charge < -0.3 is 4.57 Å². The molecule has 2 rings (SSSR count). The van der Waals surface area contributed by atoms with E-state index in [1.165, 1.54) is 16.9 Å². The molecular formula is C13H15N3O2. The van der Waals surface area contributed by atoms with Crippen LogP contribution in [-0.2, 0) is 13.6 Å². The van der Waals surface area contributed by atoms with Gasteiger partial charge in [0.15, 0.2) is 5.78 Å². The third-order valence-electron chi connectivity index (χ3n) is 3.15. The van der Waals surface area contributed by atoms with Crippen molar-refractivity contribution in [3.63, 3.8) is 0 Å². The SMILES string of the molecule is Cc1cc(C(=O)Cn2ncccc2=O)c(C)n1C. The summed E-state index contributed by atoms with van der Waals surface area (Å²) in [4.78, 5) is 23.6. The van der Waals surface area contributed by atoms with E-state index in [0.29, 0.717) is 5.56 Å². The second-order valence-corrected chi connectivity index (χ2v) is 4.29. The summed E-state index contributed by atoms with van der Waals surface area (Å²) in [5, 5.41) is 3.88. The molecule has 0 bridgehead atoms. The summed E-state index contributed by atoms with van der Waals surface area (Å²) in [6, 6.07) is 4.79. The number of aromatic nitrogens is 3. The molecule has 2 heterocycles. The normalized spacial score (nSPS) is 10.6. The van der Waals surface area contributed by atoms with Crippen molar-refractivity contribution in [2.24, 2.45) is 7.05 Å². The van der Waals surface area contributed by atoms with Crippen molar-refractivity contribution in [3.05, 3.63) is 51.7 Å². The van der Waals surface area contributed by atoms with E-state index in [4.69, 9.17) is 0 Å². The van der Waals surface area contributed by atoms with Crippen molar-refractivity contribution >= 4 is 5.78 Å². The molecular weight excluding hydrogens is 230 g/mol. The number of carbonyl (C=O) groups is 1. The summed E-state index contributed by atoms with van der Waals surface area (Å²) in [5.41, 5.74) is 2.30. The number of ketones is 1. The Morgan fingerprint density at radius 1 is 1.39 bits per heavy atom. The molecule has 0 aliphatic heterocycles. The van der Waals surface area contributed by atoms with Crippen molar-refractivity contribution in [2.75, 3.05) is 0 Å². The Bertz CT molecular complexity index is 652. The lowest BCUT2D eigenvalue weighted by atomic mass is 10.1. The first-order chi connectivity index (χ1) is 8.50. The van der Waals surface area contributed by atoms with Crippen LogP contribution in [0.25, 0.3) is 0 Å². The maximum absolute atomic E-state index is 12.1. The molecule has 18 heavy (non-hydrogen) atoms. The van der Waals surface area contributed by atoms with E-state index in [2.05, 4.69) is 5.10 Å². The molecule has 94 valence electrons. The fourth-order valence-electron chi connectivity index (χ4n) is 1.86. The van der Waals surface area contributed by atoms with E-state index in [-0.39, 0.29) is 17.9 Å². The second-order valence-electron chi connectivity index (χ2n) is 4.29. The van der Waals surface area contributed by atoms with Gasteiger partial charge in [0.1, 0.15) is 6.54 Å². The van der Waals surface area contributed by atoms with Crippen molar-refractivity contribution < 1.29 is 4.79 Å². The van der Waals surface area contributed by atoms with E-state index in [9.17, 15) is 9.59 Å². The predicted molar refractivity (Wildman–Crippen MR) is 67.7 cm³/mol. The zero-order chi connectivity index (χ0) is 13.3. The lowest BCUT2D eigenvalue weighted by Gasteiger charge is -2.03. The van der Waals surface area contributed by atoms with Crippen molar-refractivity contribution in [3.8, 4) is 0 Å². The van der Waals surface area contributed by atoms with Crippen LogP contribution >= 0.6 is 0 Å². The maximum atomic E-state index is 12.1. The Kier molecular flexibility index (Phi) is 3.14. The van der Waals surface area contributed by atoms with Crippen LogP contribution < -0.4 is 5.56 Å². The minimum atomic E-state index is -0.267. The number of rotatable bonds is 3. The Morgan fingerprint density at radius 3 is 2.67 bits per heavy atom. The molecule has 0 aromatic carbocycles. The van der Waals surface area contributed by atoms with Gasteiger partial charge in [0.05, 0.1) is 0 Å². The van der Waals surface area contributed by atoms with Crippen LogP contribution in [-0.4, -0.2) is 20.1 Å². The van der Waals surface area contributed by atoms with Crippen LogP contribution in [0.2, 0.25) is 0 Å². The molecule has 0 fully saturated rings. The first kappa shape index (κ1) is 12.3. The number of hydrogen-bond donors (Lipinski definition) is 0. The van der Waals surface area contributed by atoms with E-state index >= 15 is 0 Å². The van der Waals surface area contributed by atoms with Crippen LogP contribution in [0.3, 0.4) is 0 Å². The Balaban J connectivity index is 2.31. The van der Waals surface area contributed by atoms with Crippen molar-refractivity contribution in [1.82, 2.24) is 14.3 Å². The van der Waals surface area contributed by atoms with Gasteiger partial charge in [-0.15, -0.1) is 0 Å². The molecule has 2 aromatic rings. The zero-order valence-corrected chi connectivity index (χ0v) is 10.7. The summed E-state index contributed by atoms with van der Waals surface area (Å²) in [5.74, 6) is -0.1000. The Hall–Kier alpha value is -2.17. The molecule has 0 amide bonds. The molecule has 0 atom stereocenters. The van der Waals surface area contributed by atoms with Gasteiger partial charge in [0.2, 0.25) is 0 Å². The molecule has 0 radical (unpaired) electrons. The number of nitrogens with zero attached hydrogens (tertiary/aromatic N) is 3. The molecule has 0 saturated heterocycles. The van der Waals surface area contributed by atoms with Gasteiger partial charge in [-0.25, -0.2) is 4.68 Å². The first-order valence-electron chi connectivity index (χ1n) is 5.69. The highest BCUT2D eigenvalue weighted by molar-refractivity contribution is 5.97. The van der Waals surface area contributed by atoms with Crippen LogP contribution in [0.5, 0.6) is 0 Å². The van der Waals surface area contributed by atoms with Gasteiger partial charge in [-0.05, 0) is 26.0 Å². The average Bonchev–Trinajstić information content (AvgIpc) is 2.60. The quantitative estimate of drug-likeness (QED) is 0.760. The standard InChI is InChI=1S/C13H15N3O2/c1-9-7-11(10(2)15(9)3)12(17)8-16-13(18)5-4-6-14-16/h4-7H,8H2,1-3H3. The summed E-state index contributed by atoms with van der Waals surface area (Å²) in [7, 11) is 1.91. The summed E-state index contributed by atoms with van der Waals surface area (Å²) >= 11 is 0. The van der Waals surface area contributed by atoms with Gasteiger partial charge in [-0.2, -0.15) is 5.10 Å². The zero-order valence-electron chi connectivity index (χ0n) is 10.7. The minimum Gasteiger partial charge on any atom is -0.351 e. The van der Waals surface area contributed by atoms with E-state index in [1.807, 2.05) is 31.5 Å². The van der Waals surface area contributed by atoms with E-state index in [1.54, 1.807) is 6.07 Å². The van der Waals surface area contributed by atoms with Crippen LogP contribution in [0.15, 0.2) is 29.2 Å². The highest BCUT2D eigenvalue weighted by Crippen LogP contribution is 2.14. The lowest BCUT2D eigenvalue weighted by Crippen LogP contribution is -2.25. The molecule has 0 spiro atoms. The van der Waals surface area contributed by atoms with Gasteiger partial charge in [-0.1, -0.05) is 0 Å². The molecule has 0 N–H and O–H groups in total. The summed E-state index contributed by atoms with van der Waals surface area (Å²) in [6.45, 7) is 3.81. The molecule has 0 saturated carbocycles. The third kappa shape index (κ3) is 2.11. The van der Waals surface area contributed by atoms with Gasteiger partial charge >= 0.3 is 0 Å².